The molecule has 0 fully saturated rings. The molecule has 0 saturated heterocycles. The van der Waals surface area contributed by atoms with Gasteiger partial charge in [0.1, 0.15) is 17.7 Å². The van der Waals surface area contributed by atoms with Crippen molar-refractivity contribution in [3.63, 3.8) is 0 Å². The van der Waals surface area contributed by atoms with Gasteiger partial charge in [-0.15, -0.1) is 0 Å². The van der Waals surface area contributed by atoms with E-state index in [-0.39, 0.29) is 16.5 Å². The van der Waals surface area contributed by atoms with Gasteiger partial charge in [0.2, 0.25) is 0 Å². The molecule has 3 N–H and O–H groups in total. The van der Waals surface area contributed by atoms with Crippen molar-refractivity contribution in [3.05, 3.63) is 75.7 Å². The van der Waals surface area contributed by atoms with Crippen LogP contribution in [0.15, 0.2) is 47.3 Å². The summed E-state index contributed by atoms with van der Waals surface area (Å²) in [6.07, 6.45) is -1.67. The first-order valence-corrected chi connectivity index (χ1v) is 7.31. The van der Waals surface area contributed by atoms with Crippen molar-refractivity contribution in [2.75, 3.05) is 0 Å². The van der Waals surface area contributed by atoms with Gasteiger partial charge >= 0.3 is 0 Å². The molecule has 1 aromatic heterocycles. The van der Waals surface area contributed by atoms with Crippen molar-refractivity contribution in [1.82, 2.24) is 9.78 Å². The summed E-state index contributed by atoms with van der Waals surface area (Å²) in [5.74, 6) is -2.76. The summed E-state index contributed by atoms with van der Waals surface area (Å²) in [4.78, 5) is 24.1. The third-order valence-electron chi connectivity index (χ3n) is 3.78. The maximum atomic E-state index is 13.8. The highest BCUT2D eigenvalue weighted by molar-refractivity contribution is 6.03. The molecule has 0 saturated carbocycles. The molecule has 0 aliphatic heterocycles. The number of nitrogens with two attached hydrogens (primary N) is 1. The van der Waals surface area contributed by atoms with E-state index in [2.05, 4.69) is 5.10 Å². The fourth-order valence-electron chi connectivity index (χ4n) is 2.63. The average Bonchev–Trinajstić information content (AvgIpc) is 2.57. The van der Waals surface area contributed by atoms with Gasteiger partial charge in [-0.1, -0.05) is 24.3 Å². The summed E-state index contributed by atoms with van der Waals surface area (Å²) in [5, 5.41) is 14.4. The molecule has 0 spiro atoms. The number of hydrogen-bond acceptors (Lipinski definition) is 4. The maximum absolute atomic E-state index is 13.8. The Morgan fingerprint density at radius 1 is 1.12 bits per heavy atom. The highest BCUT2D eigenvalue weighted by Gasteiger charge is 2.21. The second-order valence-corrected chi connectivity index (χ2v) is 5.40. The zero-order valence-corrected chi connectivity index (χ0v) is 12.8. The number of rotatable bonds is 4. The van der Waals surface area contributed by atoms with Crippen LogP contribution in [0, 0.1) is 11.6 Å². The van der Waals surface area contributed by atoms with E-state index in [0.717, 1.165) is 22.9 Å². The van der Waals surface area contributed by atoms with Crippen LogP contribution in [0.4, 0.5) is 8.78 Å². The summed E-state index contributed by atoms with van der Waals surface area (Å²) in [6.45, 7) is -0.540. The predicted octanol–water partition coefficient (Wildman–Crippen LogP) is 1.51. The van der Waals surface area contributed by atoms with E-state index in [1.165, 1.54) is 12.1 Å². The molecule has 128 valence electrons. The van der Waals surface area contributed by atoms with Crippen LogP contribution in [-0.2, 0) is 6.54 Å². The number of halogens is 2. The quantitative estimate of drug-likeness (QED) is 0.749. The molecule has 0 radical (unpaired) electrons. The van der Waals surface area contributed by atoms with E-state index >= 15 is 0 Å². The third kappa shape index (κ3) is 2.99. The Bertz CT molecular complexity index is 1010. The van der Waals surface area contributed by atoms with Crippen LogP contribution in [0.1, 0.15) is 22.2 Å². The lowest BCUT2D eigenvalue weighted by molar-refractivity contribution is 0.0991. The number of hydrogen-bond donors (Lipinski definition) is 2. The number of amides is 1. The minimum absolute atomic E-state index is 0.160. The molecule has 8 heteroatoms. The van der Waals surface area contributed by atoms with E-state index < -0.39 is 41.3 Å². The number of nitrogens with zero attached hydrogens (tertiary/aromatic N) is 2. The van der Waals surface area contributed by atoms with Crippen LogP contribution in [0.3, 0.4) is 0 Å². The highest BCUT2D eigenvalue weighted by atomic mass is 19.1. The lowest BCUT2D eigenvalue weighted by Gasteiger charge is -2.15. The van der Waals surface area contributed by atoms with Crippen molar-refractivity contribution in [2.45, 2.75) is 12.6 Å². The first-order valence-electron chi connectivity index (χ1n) is 7.31. The van der Waals surface area contributed by atoms with E-state index in [0.29, 0.717) is 0 Å². The van der Waals surface area contributed by atoms with Crippen LogP contribution in [0.5, 0.6) is 0 Å². The number of aromatic nitrogens is 2. The lowest BCUT2D eigenvalue weighted by atomic mass is 10.1. The zero-order chi connectivity index (χ0) is 18.1. The minimum atomic E-state index is -1.67. The number of aliphatic hydroxyl groups excluding tert-OH is 1. The Balaban J connectivity index is 2.12. The highest BCUT2D eigenvalue weighted by Crippen LogP contribution is 2.22. The van der Waals surface area contributed by atoms with Gasteiger partial charge in [-0.25, -0.2) is 13.5 Å². The second kappa shape index (κ2) is 6.40. The normalized spacial score (nSPS) is 12.3. The Labute approximate surface area is 140 Å². The molecule has 0 aliphatic carbocycles. The number of primary amides is 1. The van der Waals surface area contributed by atoms with Gasteiger partial charge in [0.25, 0.3) is 11.5 Å². The fraction of sp³-hybridized carbons (Fsp3) is 0.118. The zero-order valence-electron chi connectivity index (χ0n) is 12.8. The van der Waals surface area contributed by atoms with Crippen LogP contribution in [-0.4, -0.2) is 20.8 Å². The van der Waals surface area contributed by atoms with Crippen LogP contribution in [0.25, 0.3) is 10.8 Å². The van der Waals surface area contributed by atoms with Gasteiger partial charge in [0, 0.05) is 5.39 Å². The monoisotopic (exact) mass is 345 g/mol. The smallest absolute Gasteiger partial charge is 0.274 e. The first kappa shape index (κ1) is 16.7. The number of benzene rings is 2. The Morgan fingerprint density at radius 3 is 2.32 bits per heavy atom. The Morgan fingerprint density at radius 2 is 1.72 bits per heavy atom. The molecule has 3 aromatic rings. The summed E-state index contributed by atoms with van der Waals surface area (Å²) in [5.41, 5.74) is 3.93. The Kier molecular flexibility index (Phi) is 4.28. The number of carbonyl (C=O) groups is 1. The molecule has 25 heavy (non-hydrogen) atoms. The molecule has 0 aliphatic rings. The van der Waals surface area contributed by atoms with Crippen LogP contribution < -0.4 is 11.3 Å². The fourth-order valence-corrected chi connectivity index (χ4v) is 2.63. The Hall–Kier alpha value is -3.13. The molecular weight excluding hydrogens is 332 g/mol. The van der Waals surface area contributed by atoms with Crippen molar-refractivity contribution in [1.29, 1.82) is 0 Å². The topological polar surface area (TPSA) is 98.2 Å². The third-order valence-corrected chi connectivity index (χ3v) is 3.78. The van der Waals surface area contributed by atoms with E-state index in [1.807, 2.05) is 0 Å². The van der Waals surface area contributed by atoms with E-state index in [1.54, 1.807) is 12.1 Å². The maximum Gasteiger partial charge on any atom is 0.274 e. The molecule has 1 unspecified atom stereocenters. The van der Waals surface area contributed by atoms with Crippen LogP contribution in [0.2, 0.25) is 0 Å². The van der Waals surface area contributed by atoms with Crippen LogP contribution >= 0.6 is 0 Å². The van der Waals surface area contributed by atoms with Gasteiger partial charge in [-0.2, -0.15) is 5.10 Å². The SMILES string of the molecule is NC(=O)c1nn(CC(O)c2c(F)cccc2F)c(=O)c2ccccc12. The minimum Gasteiger partial charge on any atom is -0.386 e. The van der Waals surface area contributed by atoms with E-state index in [4.69, 9.17) is 5.73 Å². The number of aliphatic hydroxyl groups is 1. The summed E-state index contributed by atoms with van der Waals surface area (Å²) < 4.78 is 28.3. The molecule has 6 nitrogen and oxygen atoms in total. The molecule has 1 heterocycles. The summed E-state index contributed by atoms with van der Waals surface area (Å²) >= 11 is 0. The molecule has 0 bridgehead atoms. The van der Waals surface area contributed by atoms with Crippen molar-refractivity contribution < 1.29 is 18.7 Å². The van der Waals surface area contributed by atoms with Crippen molar-refractivity contribution in [2.24, 2.45) is 5.73 Å². The van der Waals surface area contributed by atoms with Gasteiger partial charge in [0.05, 0.1) is 17.5 Å². The van der Waals surface area contributed by atoms with Gasteiger partial charge in [0.15, 0.2) is 5.69 Å². The molecule has 1 atom stereocenters. The van der Waals surface area contributed by atoms with Gasteiger partial charge in [-0.05, 0) is 18.2 Å². The van der Waals surface area contributed by atoms with Gasteiger partial charge < -0.3 is 10.8 Å². The first-order chi connectivity index (χ1) is 11.9. The molecule has 1 amide bonds. The second-order valence-electron chi connectivity index (χ2n) is 5.40. The summed E-state index contributed by atoms with van der Waals surface area (Å²) in [7, 11) is 0. The largest absolute Gasteiger partial charge is 0.386 e. The average molecular weight is 345 g/mol. The standard InChI is InChI=1S/C17H13F2N3O3/c18-11-6-3-7-12(19)14(11)13(23)8-22-17(25)10-5-2-1-4-9(10)15(21-22)16(20)24/h1-7,13,23H,8H2,(H2,20,24). The van der Waals surface area contributed by atoms with Crippen molar-refractivity contribution in [3.8, 4) is 0 Å². The van der Waals surface area contributed by atoms with E-state index in [9.17, 15) is 23.5 Å². The molecular formula is C17H13F2N3O3. The van der Waals surface area contributed by atoms with Crippen molar-refractivity contribution >= 4 is 16.7 Å². The lowest BCUT2D eigenvalue weighted by Crippen LogP contribution is -2.30. The molecule has 3 rings (SSSR count). The summed E-state index contributed by atoms with van der Waals surface area (Å²) in [6, 6.07) is 9.34. The predicted molar refractivity (Wildman–Crippen MR) is 85.8 cm³/mol. The van der Waals surface area contributed by atoms with Gasteiger partial charge in [-0.3, -0.25) is 9.59 Å². The number of fused-ring (bicyclic) bond motifs is 1. The number of carbonyl (C=O) groups excluding carboxylic acids is 1. The molecule has 2 aromatic carbocycles.